The molecule has 0 radical (unpaired) electrons. The maximum absolute atomic E-state index is 12.0. The van der Waals surface area contributed by atoms with Crippen LogP contribution < -0.4 is 0 Å². The predicted molar refractivity (Wildman–Crippen MR) is 107 cm³/mol. The summed E-state index contributed by atoms with van der Waals surface area (Å²) in [7, 11) is 0. The van der Waals surface area contributed by atoms with Crippen LogP contribution in [-0.2, 0) is 9.53 Å². The number of benzene rings is 3. The zero-order chi connectivity index (χ0) is 18.2. The van der Waals surface area contributed by atoms with Crippen LogP contribution in [0.5, 0.6) is 0 Å². The van der Waals surface area contributed by atoms with Crippen molar-refractivity contribution in [1.29, 1.82) is 0 Å². The van der Waals surface area contributed by atoms with Crippen LogP contribution in [0.25, 0.3) is 27.6 Å². The molecule has 0 saturated heterocycles. The van der Waals surface area contributed by atoms with Crippen molar-refractivity contribution in [3.63, 3.8) is 0 Å². The zero-order valence-corrected chi connectivity index (χ0v) is 14.9. The second kappa shape index (κ2) is 9.16. The maximum Gasteiger partial charge on any atom is 0.330 e. The van der Waals surface area contributed by atoms with E-state index in [9.17, 15) is 4.79 Å². The van der Waals surface area contributed by atoms with Crippen LogP contribution in [0.2, 0.25) is 0 Å². The Morgan fingerprint density at radius 2 is 1.50 bits per heavy atom. The predicted octanol–water partition coefficient (Wildman–Crippen LogP) is 5.10. The molecule has 1 N–H and O–H groups in total. The standard InChI is InChI=1S/C23H24O3/c24-15-7-1-2-8-16-26-23(25)14-13-22-20-11-5-3-9-18(20)17-19-10-4-6-12-21(19)22/h3-6,9-14,17,24H,1-2,7-8,15-16H2/b14-13+. The van der Waals surface area contributed by atoms with Gasteiger partial charge in [0.25, 0.3) is 0 Å². The number of ether oxygens (including phenoxy) is 1. The summed E-state index contributed by atoms with van der Waals surface area (Å²) in [5.74, 6) is -0.316. The first-order valence-electron chi connectivity index (χ1n) is 9.16. The van der Waals surface area contributed by atoms with Crippen LogP contribution in [0.15, 0.2) is 60.7 Å². The van der Waals surface area contributed by atoms with Gasteiger partial charge in [-0.2, -0.15) is 0 Å². The smallest absolute Gasteiger partial charge is 0.330 e. The Morgan fingerprint density at radius 1 is 0.885 bits per heavy atom. The highest BCUT2D eigenvalue weighted by atomic mass is 16.5. The van der Waals surface area contributed by atoms with Crippen molar-refractivity contribution >= 4 is 33.6 Å². The molecule has 3 rings (SSSR count). The number of aliphatic hydroxyl groups is 1. The number of hydrogen-bond donors (Lipinski definition) is 1. The van der Waals surface area contributed by atoms with E-state index in [2.05, 4.69) is 30.3 Å². The van der Waals surface area contributed by atoms with Crippen molar-refractivity contribution < 1.29 is 14.6 Å². The van der Waals surface area contributed by atoms with Gasteiger partial charge in [-0.3, -0.25) is 0 Å². The summed E-state index contributed by atoms with van der Waals surface area (Å²) in [6, 6.07) is 18.6. The van der Waals surface area contributed by atoms with Gasteiger partial charge in [0, 0.05) is 12.7 Å². The number of unbranched alkanes of at least 4 members (excludes halogenated alkanes) is 3. The fraction of sp³-hybridized carbons (Fsp3) is 0.261. The maximum atomic E-state index is 12.0. The molecule has 3 aromatic rings. The Balaban J connectivity index is 1.74. The summed E-state index contributed by atoms with van der Waals surface area (Å²) < 4.78 is 5.28. The van der Waals surface area contributed by atoms with Gasteiger partial charge < -0.3 is 9.84 Å². The number of fused-ring (bicyclic) bond motifs is 2. The summed E-state index contributed by atoms with van der Waals surface area (Å²) in [5.41, 5.74) is 1.04. The molecule has 0 aliphatic heterocycles. The van der Waals surface area contributed by atoms with Gasteiger partial charge in [0.2, 0.25) is 0 Å². The molecule has 0 aliphatic carbocycles. The summed E-state index contributed by atoms with van der Waals surface area (Å²) in [6.45, 7) is 0.645. The lowest BCUT2D eigenvalue weighted by atomic mass is 9.96. The van der Waals surface area contributed by atoms with Gasteiger partial charge in [-0.05, 0) is 58.5 Å². The molecule has 0 amide bonds. The number of carbonyl (C=O) groups excluding carboxylic acids is 1. The second-order valence-electron chi connectivity index (χ2n) is 6.37. The normalized spacial score (nSPS) is 11.4. The van der Waals surface area contributed by atoms with Crippen molar-refractivity contribution in [3.05, 3.63) is 66.2 Å². The lowest BCUT2D eigenvalue weighted by Crippen LogP contribution is -2.02. The van der Waals surface area contributed by atoms with Crippen LogP contribution in [0.4, 0.5) is 0 Å². The molecular weight excluding hydrogens is 324 g/mol. The highest BCUT2D eigenvalue weighted by Crippen LogP contribution is 2.29. The Morgan fingerprint density at radius 3 is 2.15 bits per heavy atom. The van der Waals surface area contributed by atoms with Crippen molar-refractivity contribution in [1.82, 2.24) is 0 Å². The highest BCUT2D eigenvalue weighted by molar-refractivity contribution is 6.08. The van der Waals surface area contributed by atoms with E-state index in [0.717, 1.165) is 52.8 Å². The van der Waals surface area contributed by atoms with Crippen molar-refractivity contribution in [2.75, 3.05) is 13.2 Å². The van der Waals surface area contributed by atoms with E-state index in [-0.39, 0.29) is 12.6 Å². The van der Waals surface area contributed by atoms with E-state index < -0.39 is 0 Å². The Labute approximate surface area is 153 Å². The number of esters is 1. The third-order valence-corrected chi connectivity index (χ3v) is 4.50. The number of hydrogen-bond acceptors (Lipinski definition) is 3. The van der Waals surface area contributed by atoms with E-state index in [4.69, 9.17) is 9.84 Å². The Hall–Kier alpha value is -2.65. The van der Waals surface area contributed by atoms with Crippen LogP contribution in [0.3, 0.4) is 0 Å². The van der Waals surface area contributed by atoms with Crippen molar-refractivity contribution in [2.45, 2.75) is 25.7 Å². The summed E-state index contributed by atoms with van der Waals surface area (Å²) in [4.78, 5) is 12.0. The molecule has 0 aromatic heterocycles. The number of carbonyl (C=O) groups is 1. The van der Waals surface area contributed by atoms with Crippen molar-refractivity contribution in [2.24, 2.45) is 0 Å². The third-order valence-electron chi connectivity index (χ3n) is 4.50. The van der Waals surface area contributed by atoms with E-state index in [1.54, 1.807) is 0 Å². The molecule has 0 saturated carbocycles. The minimum atomic E-state index is -0.316. The average Bonchev–Trinajstić information content (AvgIpc) is 2.67. The molecule has 3 aromatic carbocycles. The van der Waals surface area contributed by atoms with Gasteiger partial charge in [-0.1, -0.05) is 55.0 Å². The molecule has 0 heterocycles. The SMILES string of the molecule is O=C(/C=C/c1c2ccccc2cc2ccccc12)OCCCCCCO. The van der Waals surface area contributed by atoms with E-state index in [1.807, 2.05) is 30.3 Å². The molecule has 0 spiro atoms. The van der Waals surface area contributed by atoms with Crippen LogP contribution in [-0.4, -0.2) is 24.3 Å². The van der Waals surface area contributed by atoms with E-state index in [0.29, 0.717) is 6.61 Å². The van der Waals surface area contributed by atoms with Gasteiger partial charge in [0.1, 0.15) is 0 Å². The molecule has 0 bridgehead atoms. The largest absolute Gasteiger partial charge is 0.463 e. The minimum absolute atomic E-state index is 0.224. The molecular formula is C23H24O3. The molecule has 134 valence electrons. The molecule has 26 heavy (non-hydrogen) atoms. The summed E-state index contributed by atoms with van der Waals surface area (Å²) in [6.07, 6.45) is 6.94. The third kappa shape index (κ3) is 4.50. The van der Waals surface area contributed by atoms with Gasteiger partial charge in [0.15, 0.2) is 0 Å². The molecule has 0 unspecified atom stereocenters. The highest BCUT2D eigenvalue weighted by Gasteiger charge is 2.05. The Kier molecular flexibility index (Phi) is 6.39. The summed E-state index contributed by atoms with van der Waals surface area (Å²) in [5, 5.41) is 13.3. The van der Waals surface area contributed by atoms with E-state index >= 15 is 0 Å². The first kappa shape index (κ1) is 18.2. The zero-order valence-electron chi connectivity index (χ0n) is 14.9. The molecule has 3 nitrogen and oxygen atoms in total. The quantitative estimate of drug-likeness (QED) is 0.266. The molecule has 0 aliphatic rings. The van der Waals surface area contributed by atoms with Crippen LogP contribution >= 0.6 is 0 Å². The number of aliphatic hydroxyl groups excluding tert-OH is 1. The number of rotatable bonds is 8. The van der Waals surface area contributed by atoms with Gasteiger partial charge in [0.05, 0.1) is 6.61 Å². The first-order chi connectivity index (χ1) is 12.8. The first-order valence-corrected chi connectivity index (χ1v) is 9.16. The lowest BCUT2D eigenvalue weighted by Gasteiger charge is -2.08. The van der Waals surface area contributed by atoms with Crippen molar-refractivity contribution in [3.8, 4) is 0 Å². The Bertz CT molecular complexity index is 858. The van der Waals surface area contributed by atoms with E-state index in [1.165, 1.54) is 6.08 Å². The van der Waals surface area contributed by atoms with Gasteiger partial charge in [-0.15, -0.1) is 0 Å². The van der Waals surface area contributed by atoms with Gasteiger partial charge in [-0.25, -0.2) is 4.79 Å². The molecule has 0 atom stereocenters. The fourth-order valence-corrected chi connectivity index (χ4v) is 3.17. The topological polar surface area (TPSA) is 46.5 Å². The van der Waals surface area contributed by atoms with Gasteiger partial charge >= 0.3 is 5.97 Å². The summed E-state index contributed by atoms with van der Waals surface area (Å²) >= 11 is 0. The monoisotopic (exact) mass is 348 g/mol. The molecule has 3 heteroatoms. The van der Waals surface area contributed by atoms with Crippen LogP contribution in [0.1, 0.15) is 31.2 Å². The molecule has 0 fully saturated rings. The van der Waals surface area contributed by atoms with Crippen LogP contribution in [0, 0.1) is 0 Å². The fourth-order valence-electron chi connectivity index (χ4n) is 3.17. The average molecular weight is 348 g/mol. The second-order valence-corrected chi connectivity index (χ2v) is 6.37. The minimum Gasteiger partial charge on any atom is -0.463 e. The lowest BCUT2D eigenvalue weighted by molar-refractivity contribution is -0.137.